The van der Waals surface area contributed by atoms with Crippen molar-refractivity contribution in [3.63, 3.8) is 0 Å². The molecule has 1 aliphatic heterocycles. The van der Waals surface area contributed by atoms with E-state index in [-0.39, 0.29) is 17.5 Å². The second-order valence-electron chi connectivity index (χ2n) is 4.51. The van der Waals surface area contributed by atoms with Crippen LogP contribution in [0.15, 0.2) is 23.1 Å². The van der Waals surface area contributed by atoms with E-state index >= 15 is 0 Å². The number of halogens is 1. The topological polar surface area (TPSA) is 64.6 Å². The van der Waals surface area contributed by atoms with Gasteiger partial charge in [-0.05, 0) is 38.0 Å². The highest BCUT2D eigenvalue weighted by atomic mass is 35.5. The lowest BCUT2D eigenvalue weighted by molar-refractivity contribution is 0.114. The Hall–Kier alpha value is -0.820. The normalized spacial score (nSPS) is 19.2. The molecule has 1 N–H and O–H groups in total. The predicted octanol–water partition coefficient (Wildman–Crippen LogP) is 2.20. The Kier molecular flexibility index (Phi) is 5.26. The molecule has 2 rings (SSSR count). The summed E-state index contributed by atoms with van der Waals surface area (Å²) in [5.41, 5.74) is 0. The number of benzene rings is 1. The average Bonchev–Trinajstić information content (AvgIpc) is 2.92. The number of ether oxygens (including phenoxy) is 2. The highest BCUT2D eigenvalue weighted by molar-refractivity contribution is 7.89. The zero-order chi connectivity index (χ0) is 14.6. The lowest BCUT2D eigenvalue weighted by Gasteiger charge is -2.14. The number of hydrogen-bond donors (Lipinski definition) is 1. The first-order chi connectivity index (χ1) is 9.53. The first-order valence-corrected chi connectivity index (χ1v) is 8.42. The van der Waals surface area contributed by atoms with Crippen molar-refractivity contribution in [3.05, 3.63) is 23.2 Å². The molecule has 0 aliphatic carbocycles. The SMILES string of the molecule is CCOc1ccc(Cl)cc1S(=O)(=O)NC[C@@H]1CCCO1. The first kappa shape index (κ1) is 15.6. The van der Waals surface area contributed by atoms with Gasteiger partial charge in [0.2, 0.25) is 10.0 Å². The van der Waals surface area contributed by atoms with Gasteiger partial charge in [-0.3, -0.25) is 0 Å². The van der Waals surface area contributed by atoms with Gasteiger partial charge in [0.05, 0.1) is 12.7 Å². The van der Waals surface area contributed by atoms with E-state index in [9.17, 15) is 8.42 Å². The molecule has 0 radical (unpaired) electrons. The van der Waals surface area contributed by atoms with Gasteiger partial charge in [-0.15, -0.1) is 0 Å². The largest absolute Gasteiger partial charge is 0.492 e. The minimum atomic E-state index is -3.66. The Balaban J connectivity index is 2.16. The summed E-state index contributed by atoms with van der Waals surface area (Å²) >= 11 is 5.88. The van der Waals surface area contributed by atoms with Gasteiger partial charge >= 0.3 is 0 Å². The lowest BCUT2D eigenvalue weighted by Crippen LogP contribution is -2.32. The van der Waals surface area contributed by atoms with Crippen LogP contribution in [0.2, 0.25) is 5.02 Å². The van der Waals surface area contributed by atoms with E-state index in [1.54, 1.807) is 19.1 Å². The smallest absolute Gasteiger partial charge is 0.244 e. The van der Waals surface area contributed by atoms with Crippen LogP contribution in [0.4, 0.5) is 0 Å². The molecule has 1 atom stereocenters. The van der Waals surface area contributed by atoms with Gasteiger partial charge in [-0.25, -0.2) is 13.1 Å². The third-order valence-electron chi connectivity index (χ3n) is 3.02. The molecule has 0 bridgehead atoms. The number of sulfonamides is 1. The summed E-state index contributed by atoms with van der Waals surface area (Å²) in [4.78, 5) is 0.0600. The maximum Gasteiger partial charge on any atom is 0.244 e. The van der Waals surface area contributed by atoms with Gasteiger partial charge in [0.15, 0.2) is 0 Å². The van der Waals surface area contributed by atoms with Gasteiger partial charge in [0.1, 0.15) is 10.6 Å². The summed E-state index contributed by atoms with van der Waals surface area (Å²) in [5.74, 6) is 0.303. The fourth-order valence-electron chi connectivity index (χ4n) is 2.05. The minimum Gasteiger partial charge on any atom is -0.492 e. The fourth-order valence-corrected chi connectivity index (χ4v) is 3.52. The van der Waals surface area contributed by atoms with Crippen LogP contribution >= 0.6 is 11.6 Å². The van der Waals surface area contributed by atoms with Crippen LogP contribution in [-0.2, 0) is 14.8 Å². The first-order valence-electron chi connectivity index (χ1n) is 6.56. The standard InChI is InChI=1S/C13H18ClNO4S/c1-2-18-12-6-5-10(14)8-13(12)20(16,17)15-9-11-4-3-7-19-11/h5-6,8,11,15H,2-4,7,9H2,1H3/t11-/m0/s1. The van der Waals surface area contributed by atoms with Crippen LogP contribution in [0, 0.1) is 0 Å². The number of hydrogen-bond acceptors (Lipinski definition) is 4. The Labute approximate surface area is 124 Å². The fraction of sp³-hybridized carbons (Fsp3) is 0.538. The molecule has 0 saturated carbocycles. The molecule has 1 heterocycles. The van der Waals surface area contributed by atoms with E-state index in [1.807, 2.05) is 0 Å². The van der Waals surface area contributed by atoms with Gasteiger partial charge in [-0.2, -0.15) is 0 Å². The molecule has 1 saturated heterocycles. The molecule has 1 fully saturated rings. The third-order valence-corrected chi connectivity index (χ3v) is 4.70. The molecule has 1 aromatic rings. The molecule has 1 aliphatic rings. The van der Waals surface area contributed by atoms with E-state index in [4.69, 9.17) is 21.1 Å². The number of rotatable bonds is 6. The van der Waals surface area contributed by atoms with Gasteiger partial charge in [0, 0.05) is 18.2 Å². The molecule has 20 heavy (non-hydrogen) atoms. The molecule has 0 unspecified atom stereocenters. The third kappa shape index (κ3) is 3.85. The quantitative estimate of drug-likeness (QED) is 0.873. The molecule has 1 aromatic carbocycles. The van der Waals surface area contributed by atoms with E-state index in [2.05, 4.69) is 4.72 Å². The average molecular weight is 320 g/mol. The highest BCUT2D eigenvalue weighted by Gasteiger charge is 2.23. The summed E-state index contributed by atoms with van der Waals surface area (Å²) in [5, 5.41) is 0.353. The van der Waals surface area contributed by atoms with Crippen molar-refractivity contribution in [1.29, 1.82) is 0 Å². The summed E-state index contributed by atoms with van der Waals surface area (Å²) < 4.78 is 38.0. The van der Waals surface area contributed by atoms with Crippen molar-refractivity contribution in [2.45, 2.75) is 30.8 Å². The Morgan fingerprint density at radius 2 is 2.30 bits per heavy atom. The van der Waals surface area contributed by atoms with E-state index in [0.29, 0.717) is 24.0 Å². The monoisotopic (exact) mass is 319 g/mol. The highest BCUT2D eigenvalue weighted by Crippen LogP contribution is 2.27. The van der Waals surface area contributed by atoms with Crippen LogP contribution in [0.25, 0.3) is 0 Å². The van der Waals surface area contributed by atoms with Crippen molar-refractivity contribution in [1.82, 2.24) is 4.72 Å². The molecule has 7 heteroatoms. The molecular formula is C13H18ClNO4S. The maximum atomic E-state index is 12.3. The predicted molar refractivity (Wildman–Crippen MR) is 76.8 cm³/mol. The Morgan fingerprint density at radius 3 is 2.95 bits per heavy atom. The molecule has 5 nitrogen and oxygen atoms in total. The van der Waals surface area contributed by atoms with E-state index < -0.39 is 10.0 Å². The summed E-state index contributed by atoms with van der Waals surface area (Å²) in [6, 6.07) is 4.56. The molecular weight excluding hydrogens is 302 g/mol. The maximum absolute atomic E-state index is 12.3. The number of nitrogens with one attached hydrogen (secondary N) is 1. The van der Waals surface area contributed by atoms with Crippen molar-refractivity contribution in [3.8, 4) is 5.75 Å². The van der Waals surface area contributed by atoms with Gasteiger partial charge in [0.25, 0.3) is 0 Å². The van der Waals surface area contributed by atoms with Crippen LogP contribution in [0.3, 0.4) is 0 Å². The van der Waals surface area contributed by atoms with E-state index in [1.165, 1.54) is 6.07 Å². The lowest BCUT2D eigenvalue weighted by atomic mass is 10.2. The molecule has 112 valence electrons. The van der Waals surface area contributed by atoms with Crippen molar-refractivity contribution >= 4 is 21.6 Å². The zero-order valence-electron chi connectivity index (χ0n) is 11.3. The van der Waals surface area contributed by atoms with Crippen molar-refractivity contribution < 1.29 is 17.9 Å². The van der Waals surface area contributed by atoms with Crippen molar-refractivity contribution in [2.24, 2.45) is 0 Å². The Morgan fingerprint density at radius 1 is 1.50 bits per heavy atom. The second kappa shape index (κ2) is 6.76. The van der Waals surface area contributed by atoms with Crippen LogP contribution in [0.1, 0.15) is 19.8 Å². The van der Waals surface area contributed by atoms with E-state index in [0.717, 1.165) is 12.8 Å². The molecule has 0 aromatic heterocycles. The molecule has 0 amide bonds. The summed E-state index contributed by atoms with van der Waals surface area (Å²) in [7, 11) is -3.66. The molecule has 0 spiro atoms. The van der Waals surface area contributed by atoms with Crippen LogP contribution in [0.5, 0.6) is 5.75 Å². The van der Waals surface area contributed by atoms with Gasteiger partial charge < -0.3 is 9.47 Å². The summed E-state index contributed by atoms with van der Waals surface area (Å²) in [6.45, 7) is 3.13. The van der Waals surface area contributed by atoms with Crippen molar-refractivity contribution in [2.75, 3.05) is 19.8 Å². The minimum absolute atomic E-state index is 0.0560. The summed E-state index contributed by atoms with van der Waals surface area (Å²) in [6.07, 6.45) is 1.78. The van der Waals surface area contributed by atoms with Crippen LogP contribution < -0.4 is 9.46 Å². The zero-order valence-corrected chi connectivity index (χ0v) is 12.8. The Bertz CT molecular complexity index is 555. The van der Waals surface area contributed by atoms with Gasteiger partial charge in [-0.1, -0.05) is 11.6 Å². The second-order valence-corrected chi connectivity index (χ2v) is 6.68. The van der Waals surface area contributed by atoms with Crippen LogP contribution in [-0.4, -0.2) is 34.3 Å².